The summed E-state index contributed by atoms with van der Waals surface area (Å²) in [7, 11) is 0. The van der Waals surface area contributed by atoms with E-state index in [1.807, 2.05) is 13.8 Å². The summed E-state index contributed by atoms with van der Waals surface area (Å²) in [5.74, 6) is 5.04. The largest absolute Gasteiger partial charge is 0.376 e. The highest BCUT2D eigenvalue weighted by atomic mass is 19.1. The van der Waals surface area contributed by atoms with Crippen LogP contribution < -0.4 is 11.3 Å². The van der Waals surface area contributed by atoms with Crippen LogP contribution in [0.1, 0.15) is 25.5 Å². The number of hydrazine groups is 1. The highest BCUT2D eigenvalue weighted by Gasteiger charge is 2.24. The van der Waals surface area contributed by atoms with Crippen LogP contribution >= 0.6 is 0 Å². The Hall–Kier alpha value is -1.17. The molecule has 1 saturated heterocycles. The number of hydrogen-bond acceptors (Lipinski definition) is 4. The van der Waals surface area contributed by atoms with Crippen molar-refractivity contribution in [3.63, 3.8) is 0 Å². The van der Waals surface area contributed by atoms with Crippen LogP contribution in [0.5, 0.6) is 0 Å². The summed E-state index contributed by atoms with van der Waals surface area (Å²) in [4.78, 5) is 2.24. The number of benzene rings is 1. The highest BCUT2D eigenvalue weighted by Crippen LogP contribution is 2.26. The molecule has 0 bridgehead atoms. The van der Waals surface area contributed by atoms with Gasteiger partial charge in [-0.1, -0.05) is 6.07 Å². The van der Waals surface area contributed by atoms with Crippen molar-refractivity contribution in [1.82, 2.24) is 4.90 Å². The molecular weight excluding hydrogens is 233 g/mol. The molecule has 0 spiro atoms. The average Bonchev–Trinajstić information content (AvgIpc) is 2.37. The van der Waals surface area contributed by atoms with Crippen LogP contribution in [0, 0.1) is 5.82 Å². The molecule has 0 amide bonds. The smallest absolute Gasteiger partial charge is 0.130 e. The molecule has 0 saturated carbocycles. The number of morpholine rings is 1. The van der Waals surface area contributed by atoms with Crippen molar-refractivity contribution >= 4 is 5.69 Å². The molecular formula is C13H20FN3O. The van der Waals surface area contributed by atoms with Gasteiger partial charge >= 0.3 is 0 Å². The summed E-state index contributed by atoms with van der Waals surface area (Å²) in [6, 6.07) is 5.05. The summed E-state index contributed by atoms with van der Waals surface area (Å²) >= 11 is 0. The van der Waals surface area contributed by atoms with Crippen LogP contribution in [0.2, 0.25) is 0 Å². The Morgan fingerprint density at radius 3 is 2.94 bits per heavy atom. The number of halogens is 1. The molecule has 0 radical (unpaired) electrons. The lowest BCUT2D eigenvalue weighted by Gasteiger charge is -2.35. The maximum absolute atomic E-state index is 14.0. The van der Waals surface area contributed by atoms with Gasteiger partial charge in [-0.2, -0.15) is 0 Å². The number of anilines is 1. The molecule has 0 aromatic heterocycles. The van der Waals surface area contributed by atoms with Gasteiger partial charge in [-0.25, -0.2) is 4.39 Å². The van der Waals surface area contributed by atoms with E-state index in [9.17, 15) is 4.39 Å². The molecule has 2 atom stereocenters. The second-order valence-corrected chi connectivity index (χ2v) is 4.73. The number of nitrogens with one attached hydrogen (secondary N) is 1. The molecule has 100 valence electrons. The van der Waals surface area contributed by atoms with Crippen LogP contribution in [-0.4, -0.2) is 30.7 Å². The Balaban J connectivity index is 2.15. The maximum atomic E-state index is 14.0. The Kier molecular flexibility index (Phi) is 4.16. The number of rotatable bonds is 3. The van der Waals surface area contributed by atoms with Crippen LogP contribution in [0.3, 0.4) is 0 Å². The predicted molar refractivity (Wildman–Crippen MR) is 69.6 cm³/mol. The van der Waals surface area contributed by atoms with E-state index >= 15 is 0 Å². The first kappa shape index (κ1) is 13.3. The lowest BCUT2D eigenvalue weighted by Crippen LogP contribution is -2.42. The van der Waals surface area contributed by atoms with E-state index in [-0.39, 0.29) is 18.0 Å². The van der Waals surface area contributed by atoms with Crippen molar-refractivity contribution in [1.29, 1.82) is 0 Å². The molecule has 3 N–H and O–H groups in total. The molecule has 1 heterocycles. The van der Waals surface area contributed by atoms with Crippen molar-refractivity contribution in [3.8, 4) is 0 Å². The molecule has 1 aliphatic rings. The topological polar surface area (TPSA) is 50.5 Å². The lowest BCUT2D eigenvalue weighted by atomic mass is 10.0. The Labute approximate surface area is 107 Å². The quantitative estimate of drug-likeness (QED) is 0.638. The first-order valence-corrected chi connectivity index (χ1v) is 6.23. The average molecular weight is 253 g/mol. The van der Waals surface area contributed by atoms with Gasteiger partial charge in [-0.15, -0.1) is 0 Å². The minimum absolute atomic E-state index is 0.0446. The maximum Gasteiger partial charge on any atom is 0.130 e. The van der Waals surface area contributed by atoms with Crippen LogP contribution in [-0.2, 0) is 4.74 Å². The first-order chi connectivity index (χ1) is 8.61. The minimum atomic E-state index is -0.225. The molecule has 2 unspecified atom stereocenters. The molecule has 4 nitrogen and oxygen atoms in total. The third-order valence-electron chi connectivity index (χ3n) is 3.44. The van der Waals surface area contributed by atoms with E-state index in [1.165, 1.54) is 6.07 Å². The van der Waals surface area contributed by atoms with Crippen LogP contribution in [0.25, 0.3) is 0 Å². The van der Waals surface area contributed by atoms with Crippen molar-refractivity contribution < 1.29 is 9.13 Å². The fourth-order valence-corrected chi connectivity index (χ4v) is 2.35. The summed E-state index contributed by atoms with van der Waals surface area (Å²) in [6.45, 7) is 6.43. The highest BCUT2D eigenvalue weighted by molar-refractivity contribution is 5.44. The zero-order valence-electron chi connectivity index (χ0n) is 10.8. The normalized spacial score (nSPS) is 22.8. The van der Waals surface area contributed by atoms with Crippen molar-refractivity contribution in [2.45, 2.75) is 26.0 Å². The predicted octanol–water partition coefficient (Wildman–Crippen LogP) is 1.89. The Morgan fingerprint density at radius 2 is 2.33 bits per heavy atom. The molecule has 18 heavy (non-hydrogen) atoms. The van der Waals surface area contributed by atoms with E-state index in [4.69, 9.17) is 10.6 Å². The Bertz CT molecular complexity index is 413. The fraction of sp³-hybridized carbons (Fsp3) is 0.538. The number of nitrogens with zero attached hydrogens (tertiary/aromatic N) is 1. The van der Waals surface area contributed by atoms with Gasteiger partial charge in [0.05, 0.1) is 18.4 Å². The van der Waals surface area contributed by atoms with Gasteiger partial charge in [-0.3, -0.25) is 10.7 Å². The number of hydrogen-bond donors (Lipinski definition) is 2. The Morgan fingerprint density at radius 1 is 1.56 bits per heavy atom. The van der Waals surface area contributed by atoms with E-state index in [2.05, 4.69) is 10.3 Å². The van der Waals surface area contributed by atoms with Crippen LogP contribution in [0.4, 0.5) is 10.1 Å². The van der Waals surface area contributed by atoms with Gasteiger partial charge < -0.3 is 10.2 Å². The first-order valence-electron chi connectivity index (χ1n) is 6.23. The summed E-state index contributed by atoms with van der Waals surface area (Å²) in [5.41, 5.74) is 3.73. The number of ether oxygens (including phenoxy) is 1. The third-order valence-corrected chi connectivity index (χ3v) is 3.44. The molecule has 1 fully saturated rings. The SMILES string of the molecule is CC1CN(C(C)c2ccc(NN)cc2F)CCO1. The van der Waals surface area contributed by atoms with E-state index in [1.54, 1.807) is 12.1 Å². The van der Waals surface area contributed by atoms with E-state index in [0.717, 1.165) is 13.1 Å². The van der Waals surface area contributed by atoms with Crippen LogP contribution in [0.15, 0.2) is 18.2 Å². The standard InChI is InChI=1S/C13H20FN3O/c1-9-8-17(5-6-18-9)10(2)12-4-3-11(16-15)7-13(12)14/h3-4,7,9-10,16H,5-6,8,15H2,1-2H3. The van der Waals surface area contributed by atoms with Gasteiger partial charge in [-0.05, 0) is 26.0 Å². The van der Waals surface area contributed by atoms with E-state index in [0.29, 0.717) is 17.9 Å². The lowest BCUT2D eigenvalue weighted by molar-refractivity contribution is -0.0323. The molecule has 1 aromatic carbocycles. The second kappa shape index (κ2) is 5.65. The molecule has 5 heteroatoms. The molecule has 1 aliphatic heterocycles. The van der Waals surface area contributed by atoms with Crippen molar-refractivity contribution in [2.24, 2.45) is 5.84 Å². The summed E-state index contributed by atoms with van der Waals surface area (Å²) in [5, 5.41) is 0. The zero-order chi connectivity index (χ0) is 13.1. The number of nitrogens with two attached hydrogens (primary N) is 1. The number of nitrogen functional groups attached to an aromatic ring is 1. The van der Waals surface area contributed by atoms with Gasteiger partial charge in [0, 0.05) is 24.7 Å². The second-order valence-electron chi connectivity index (χ2n) is 4.73. The van der Waals surface area contributed by atoms with Gasteiger partial charge in [0.15, 0.2) is 0 Å². The monoisotopic (exact) mass is 253 g/mol. The summed E-state index contributed by atoms with van der Waals surface area (Å²) < 4.78 is 19.5. The zero-order valence-corrected chi connectivity index (χ0v) is 10.8. The van der Waals surface area contributed by atoms with Gasteiger partial charge in [0.2, 0.25) is 0 Å². The summed E-state index contributed by atoms with van der Waals surface area (Å²) in [6.07, 6.45) is 0.203. The fourth-order valence-electron chi connectivity index (χ4n) is 2.35. The van der Waals surface area contributed by atoms with Crippen molar-refractivity contribution in [3.05, 3.63) is 29.6 Å². The van der Waals surface area contributed by atoms with Gasteiger partial charge in [0.1, 0.15) is 5.82 Å². The minimum Gasteiger partial charge on any atom is -0.376 e. The molecule has 0 aliphatic carbocycles. The molecule has 2 rings (SSSR count). The molecule has 1 aromatic rings. The van der Waals surface area contributed by atoms with E-state index < -0.39 is 0 Å². The van der Waals surface area contributed by atoms with Crippen molar-refractivity contribution in [2.75, 3.05) is 25.1 Å². The van der Waals surface area contributed by atoms with Gasteiger partial charge in [0.25, 0.3) is 0 Å². The third kappa shape index (κ3) is 2.80.